The van der Waals surface area contributed by atoms with E-state index < -0.39 is 15.8 Å². The standard InChI is InChI=1S/C14H16FN3O2S/c15-12-4-1-5-13(10-12)18(9-3-7-16)21(19,20)14-6-2-8-17-11-14/h1-2,4-6,8,10-11H,3,7,9,16H2. The summed E-state index contributed by atoms with van der Waals surface area (Å²) in [5, 5.41) is 0. The first-order valence-electron chi connectivity index (χ1n) is 6.44. The maximum atomic E-state index is 13.4. The van der Waals surface area contributed by atoms with Crippen LogP contribution in [0.2, 0.25) is 0 Å². The zero-order valence-electron chi connectivity index (χ0n) is 11.3. The maximum absolute atomic E-state index is 13.4. The Kier molecular flexibility index (Phi) is 4.87. The average Bonchev–Trinajstić information content (AvgIpc) is 2.48. The number of nitrogens with zero attached hydrogens (tertiary/aromatic N) is 2. The molecule has 7 heteroatoms. The van der Waals surface area contributed by atoms with E-state index in [9.17, 15) is 12.8 Å². The average molecular weight is 309 g/mol. The number of benzene rings is 1. The zero-order chi connectivity index (χ0) is 15.3. The van der Waals surface area contributed by atoms with Gasteiger partial charge in [0.25, 0.3) is 10.0 Å². The number of sulfonamides is 1. The lowest BCUT2D eigenvalue weighted by molar-refractivity contribution is 0.588. The van der Waals surface area contributed by atoms with Crippen LogP contribution in [0.25, 0.3) is 0 Å². The van der Waals surface area contributed by atoms with Crippen molar-refractivity contribution in [1.82, 2.24) is 4.98 Å². The predicted octanol–water partition coefficient (Wildman–Crippen LogP) is 1.76. The summed E-state index contributed by atoms with van der Waals surface area (Å²) in [5.74, 6) is -0.494. The molecule has 2 N–H and O–H groups in total. The van der Waals surface area contributed by atoms with Crippen molar-refractivity contribution in [1.29, 1.82) is 0 Å². The van der Waals surface area contributed by atoms with E-state index in [2.05, 4.69) is 4.98 Å². The molecule has 1 heterocycles. The third kappa shape index (κ3) is 3.56. The largest absolute Gasteiger partial charge is 0.330 e. The first-order valence-corrected chi connectivity index (χ1v) is 7.88. The summed E-state index contributed by atoms with van der Waals surface area (Å²) in [7, 11) is -3.79. The van der Waals surface area contributed by atoms with Crippen LogP contribution in [0, 0.1) is 5.82 Å². The summed E-state index contributed by atoms with van der Waals surface area (Å²) in [6, 6.07) is 8.47. The SMILES string of the molecule is NCCCN(c1cccc(F)c1)S(=O)(=O)c1cccnc1. The van der Waals surface area contributed by atoms with E-state index in [1.807, 2.05) is 0 Å². The predicted molar refractivity (Wildman–Crippen MR) is 78.8 cm³/mol. The monoisotopic (exact) mass is 309 g/mol. The van der Waals surface area contributed by atoms with Gasteiger partial charge in [0.15, 0.2) is 0 Å². The summed E-state index contributed by atoms with van der Waals surface area (Å²) in [4.78, 5) is 3.88. The molecule has 21 heavy (non-hydrogen) atoms. The lowest BCUT2D eigenvalue weighted by Gasteiger charge is -2.24. The second-order valence-electron chi connectivity index (χ2n) is 4.39. The first kappa shape index (κ1) is 15.4. The molecule has 0 saturated heterocycles. The van der Waals surface area contributed by atoms with Crippen LogP contribution >= 0.6 is 0 Å². The summed E-state index contributed by atoms with van der Waals surface area (Å²) >= 11 is 0. The molecular weight excluding hydrogens is 293 g/mol. The molecule has 112 valence electrons. The molecule has 2 aromatic rings. The number of halogens is 1. The third-order valence-corrected chi connectivity index (χ3v) is 4.69. The smallest absolute Gasteiger partial charge is 0.265 e. The van der Waals surface area contributed by atoms with Gasteiger partial charge in [0, 0.05) is 18.9 Å². The molecule has 0 unspecified atom stereocenters. The third-order valence-electron chi connectivity index (χ3n) is 2.88. The van der Waals surface area contributed by atoms with Gasteiger partial charge in [0.05, 0.1) is 5.69 Å². The Morgan fingerprint density at radius 2 is 2.05 bits per heavy atom. The van der Waals surface area contributed by atoms with Gasteiger partial charge in [-0.2, -0.15) is 0 Å². The second-order valence-corrected chi connectivity index (χ2v) is 6.25. The molecule has 0 aliphatic heterocycles. The Morgan fingerprint density at radius 3 is 2.67 bits per heavy atom. The Hall–Kier alpha value is -1.99. The van der Waals surface area contributed by atoms with Crippen LogP contribution in [0.3, 0.4) is 0 Å². The van der Waals surface area contributed by atoms with Gasteiger partial charge < -0.3 is 5.73 Å². The van der Waals surface area contributed by atoms with Crippen molar-refractivity contribution < 1.29 is 12.8 Å². The molecule has 0 bridgehead atoms. The van der Waals surface area contributed by atoms with Gasteiger partial charge in [-0.3, -0.25) is 9.29 Å². The molecule has 0 radical (unpaired) electrons. The molecule has 1 aromatic heterocycles. The number of hydrogen-bond donors (Lipinski definition) is 1. The van der Waals surface area contributed by atoms with Gasteiger partial charge in [0.1, 0.15) is 10.7 Å². The van der Waals surface area contributed by atoms with Crippen LogP contribution < -0.4 is 10.0 Å². The Bertz CT molecular complexity index is 692. The first-order chi connectivity index (χ1) is 10.1. The van der Waals surface area contributed by atoms with Gasteiger partial charge in [0.2, 0.25) is 0 Å². The molecular formula is C14H16FN3O2S. The summed E-state index contributed by atoms with van der Waals surface area (Å²) in [6.07, 6.45) is 3.23. The summed E-state index contributed by atoms with van der Waals surface area (Å²) < 4.78 is 39.9. The number of pyridine rings is 1. The molecule has 0 saturated carbocycles. The highest BCUT2D eigenvalue weighted by atomic mass is 32.2. The highest BCUT2D eigenvalue weighted by Crippen LogP contribution is 2.24. The van der Waals surface area contributed by atoms with Crippen LogP contribution in [0.5, 0.6) is 0 Å². The molecule has 1 aromatic carbocycles. The van der Waals surface area contributed by atoms with Gasteiger partial charge in [-0.05, 0) is 43.3 Å². The van der Waals surface area contributed by atoms with Crippen molar-refractivity contribution in [3.05, 3.63) is 54.6 Å². The van der Waals surface area contributed by atoms with E-state index >= 15 is 0 Å². The molecule has 0 aliphatic carbocycles. The van der Waals surface area contributed by atoms with Crippen molar-refractivity contribution in [2.24, 2.45) is 5.73 Å². The number of nitrogens with two attached hydrogens (primary N) is 1. The topological polar surface area (TPSA) is 76.3 Å². The van der Waals surface area contributed by atoms with E-state index in [0.717, 1.165) is 4.31 Å². The van der Waals surface area contributed by atoms with E-state index in [4.69, 9.17) is 5.73 Å². The number of rotatable bonds is 6. The molecule has 2 rings (SSSR count). The highest BCUT2D eigenvalue weighted by Gasteiger charge is 2.24. The Balaban J connectivity index is 2.45. The van der Waals surface area contributed by atoms with Gasteiger partial charge >= 0.3 is 0 Å². The molecule has 0 spiro atoms. The van der Waals surface area contributed by atoms with Gasteiger partial charge in [-0.1, -0.05) is 6.07 Å². The summed E-state index contributed by atoms with van der Waals surface area (Å²) in [5.41, 5.74) is 5.73. The number of anilines is 1. The van der Waals surface area contributed by atoms with E-state index in [1.165, 1.54) is 36.7 Å². The van der Waals surface area contributed by atoms with Crippen LogP contribution in [-0.4, -0.2) is 26.5 Å². The van der Waals surface area contributed by atoms with Crippen LogP contribution in [0.15, 0.2) is 53.7 Å². The minimum atomic E-state index is -3.79. The fourth-order valence-corrected chi connectivity index (χ4v) is 3.34. The van der Waals surface area contributed by atoms with Crippen molar-refractivity contribution in [2.45, 2.75) is 11.3 Å². The Morgan fingerprint density at radius 1 is 1.24 bits per heavy atom. The quantitative estimate of drug-likeness (QED) is 0.882. The van der Waals surface area contributed by atoms with Crippen LogP contribution in [0.4, 0.5) is 10.1 Å². The van der Waals surface area contributed by atoms with Crippen LogP contribution in [0.1, 0.15) is 6.42 Å². The number of hydrogen-bond acceptors (Lipinski definition) is 4. The van der Waals surface area contributed by atoms with Crippen molar-refractivity contribution in [2.75, 3.05) is 17.4 Å². The molecule has 0 fully saturated rings. The normalized spacial score (nSPS) is 11.3. The van der Waals surface area contributed by atoms with E-state index in [0.29, 0.717) is 13.0 Å². The number of aromatic nitrogens is 1. The van der Waals surface area contributed by atoms with Crippen molar-refractivity contribution >= 4 is 15.7 Å². The molecule has 5 nitrogen and oxygen atoms in total. The lowest BCUT2D eigenvalue weighted by atomic mass is 10.3. The summed E-state index contributed by atoms with van der Waals surface area (Å²) in [6.45, 7) is 0.519. The van der Waals surface area contributed by atoms with Crippen LogP contribution in [-0.2, 0) is 10.0 Å². The van der Waals surface area contributed by atoms with E-state index in [-0.39, 0.29) is 17.1 Å². The van der Waals surface area contributed by atoms with Gasteiger partial charge in [-0.15, -0.1) is 0 Å². The fourth-order valence-electron chi connectivity index (χ4n) is 1.88. The molecule has 0 atom stereocenters. The zero-order valence-corrected chi connectivity index (χ0v) is 12.1. The minimum Gasteiger partial charge on any atom is -0.330 e. The van der Waals surface area contributed by atoms with Crippen molar-refractivity contribution in [3.63, 3.8) is 0 Å². The van der Waals surface area contributed by atoms with Crippen molar-refractivity contribution in [3.8, 4) is 0 Å². The highest BCUT2D eigenvalue weighted by molar-refractivity contribution is 7.92. The molecule has 0 amide bonds. The van der Waals surface area contributed by atoms with E-state index in [1.54, 1.807) is 12.1 Å². The minimum absolute atomic E-state index is 0.0614. The fraction of sp³-hybridized carbons (Fsp3) is 0.214. The van der Waals surface area contributed by atoms with Gasteiger partial charge in [-0.25, -0.2) is 12.8 Å². The molecule has 0 aliphatic rings. The lowest BCUT2D eigenvalue weighted by Crippen LogP contribution is -2.33. The second kappa shape index (κ2) is 6.64. The maximum Gasteiger partial charge on any atom is 0.265 e. The Labute approximate surface area is 123 Å².